The Morgan fingerprint density at radius 1 is 1.13 bits per heavy atom. The molecule has 1 amide bonds. The van der Waals surface area contributed by atoms with Gasteiger partial charge in [-0.15, -0.1) is 0 Å². The number of alkyl halides is 3. The van der Waals surface area contributed by atoms with Gasteiger partial charge in [-0.2, -0.15) is 13.2 Å². The first-order valence-corrected chi connectivity index (χ1v) is 10.8. The molecule has 0 radical (unpaired) electrons. The summed E-state index contributed by atoms with van der Waals surface area (Å²) >= 11 is 0. The summed E-state index contributed by atoms with van der Waals surface area (Å²) in [6, 6.07) is 13.9. The minimum absolute atomic E-state index is 0.0818. The maximum absolute atomic E-state index is 13.3. The molecule has 0 aromatic heterocycles. The molecule has 166 valence electrons. The molecule has 2 aromatic rings. The number of para-hydroxylation sites is 1. The summed E-state index contributed by atoms with van der Waals surface area (Å²) in [6.07, 6.45) is -4.08. The van der Waals surface area contributed by atoms with Crippen LogP contribution in [0.2, 0.25) is 0 Å². The Morgan fingerprint density at radius 3 is 2.55 bits per heavy atom. The van der Waals surface area contributed by atoms with Gasteiger partial charge in [0.05, 0.1) is 17.5 Å². The molecule has 0 aliphatic carbocycles. The molecule has 4 nitrogen and oxygen atoms in total. The average molecular weight is 432 g/mol. The van der Waals surface area contributed by atoms with Gasteiger partial charge >= 0.3 is 6.18 Å². The van der Waals surface area contributed by atoms with Gasteiger partial charge in [-0.25, -0.2) is 0 Å². The number of fused-ring (bicyclic) bond motifs is 3. The highest BCUT2D eigenvalue weighted by atomic mass is 19.4. The van der Waals surface area contributed by atoms with Gasteiger partial charge in [0.15, 0.2) is 0 Å². The topological polar surface area (TPSA) is 35.6 Å². The molecular weight excluding hydrogens is 403 g/mol. The highest BCUT2D eigenvalue weighted by Crippen LogP contribution is 2.40. The van der Waals surface area contributed by atoms with E-state index in [1.54, 1.807) is 6.07 Å². The van der Waals surface area contributed by atoms with Crippen LogP contribution in [0.3, 0.4) is 0 Å². The first-order valence-electron chi connectivity index (χ1n) is 10.8. The van der Waals surface area contributed by atoms with Crippen molar-refractivity contribution in [1.29, 1.82) is 0 Å². The summed E-state index contributed by atoms with van der Waals surface area (Å²) < 4.78 is 39.9. The number of hydrogen-bond donors (Lipinski definition) is 1. The van der Waals surface area contributed by atoms with E-state index >= 15 is 0 Å². The van der Waals surface area contributed by atoms with Crippen molar-refractivity contribution in [1.82, 2.24) is 5.32 Å². The molecule has 2 aliphatic heterocycles. The maximum atomic E-state index is 13.3. The van der Waals surface area contributed by atoms with Gasteiger partial charge in [0.1, 0.15) is 0 Å². The number of halogens is 3. The van der Waals surface area contributed by atoms with Crippen molar-refractivity contribution in [3.8, 4) is 0 Å². The Labute approximate surface area is 181 Å². The van der Waals surface area contributed by atoms with Gasteiger partial charge in [-0.05, 0) is 48.2 Å². The number of amides is 1. The second-order valence-corrected chi connectivity index (χ2v) is 8.83. The lowest BCUT2D eigenvalue weighted by molar-refractivity contribution is -0.137. The van der Waals surface area contributed by atoms with Crippen molar-refractivity contribution in [3.63, 3.8) is 0 Å². The van der Waals surface area contributed by atoms with Crippen LogP contribution in [-0.4, -0.2) is 38.1 Å². The van der Waals surface area contributed by atoms with Crippen LogP contribution < -0.4 is 15.1 Å². The molecule has 0 unspecified atom stereocenters. The largest absolute Gasteiger partial charge is 0.416 e. The predicted octanol–water partition coefficient (Wildman–Crippen LogP) is 4.35. The zero-order chi connectivity index (χ0) is 22.2. The standard InChI is InChI=1S/C24H28F3N3O/c1-16(2)14-28-23(31)20-13-17-12-18(24(25,26)27)8-9-21(17)30-11-10-29(15-22(20)30)19-6-4-3-5-7-19/h3-9,12,16,20,22H,10-11,13-15H2,1-2H3,(H,28,31)/t20-,22+/m0/s1. The first kappa shape index (κ1) is 21.5. The monoisotopic (exact) mass is 431 g/mol. The number of nitrogens with one attached hydrogen (secondary N) is 1. The molecule has 31 heavy (non-hydrogen) atoms. The first-order chi connectivity index (χ1) is 14.7. The molecule has 7 heteroatoms. The number of rotatable bonds is 4. The smallest absolute Gasteiger partial charge is 0.368 e. The van der Waals surface area contributed by atoms with Crippen LogP contribution in [0.15, 0.2) is 48.5 Å². The minimum Gasteiger partial charge on any atom is -0.368 e. The van der Waals surface area contributed by atoms with Crippen LogP contribution >= 0.6 is 0 Å². The fourth-order valence-corrected chi connectivity index (χ4v) is 4.61. The van der Waals surface area contributed by atoms with E-state index in [4.69, 9.17) is 0 Å². The molecular formula is C24H28F3N3O. The molecule has 2 aliphatic rings. The number of piperazine rings is 1. The fraction of sp³-hybridized carbons (Fsp3) is 0.458. The van der Waals surface area contributed by atoms with Gasteiger partial charge in [0.25, 0.3) is 0 Å². The third kappa shape index (κ3) is 4.50. The van der Waals surface area contributed by atoms with Crippen LogP contribution in [0.1, 0.15) is 25.0 Å². The molecule has 1 N–H and O–H groups in total. The van der Waals surface area contributed by atoms with Crippen molar-refractivity contribution >= 4 is 17.3 Å². The fourth-order valence-electron chi connectivity index (χ4n) is 4.61. The lowest BCUT2D eigenvalue weighted by Gasteiger charge is -2.49. The highest BCUT2D eigenvalue weighted by molar-refractivity contribution is 5.82. The number of hydrogen-bond acceptors (Lipinski definition) is 3. The van der Waals surface area contributed by atoms with Crippen LogP contribution in [0.5, 0.6) is 0 Å². The van der Waals surface area contributed by atoms with Crippen molar-refractivity contribution < 1.29 is 18.0 Å². The Hall–Kier alpha value is -2.70. The van der Waals surface area contributed by atoms with E-state index in [0.29, 0.717) is 37.5 Å². The van der Waals surface area contributed by atoms with Crippen LogP contribution in [0, 0.1) is 11.8 Å². The van der Waals surface area contributed by atoms with Gasteiger partial charge in [-0.3, -0.25) is 4.79 Å². The minimum atomic E-state index is -4.40. The Balaban J connectivity index is 1.66. The number of benzene rings is 2. The molecule has 2 heterocycles. The molecule has 2 aromatic carbocycles. The van der Waals surface area contributed by atoms with Gasteiger partial charge in [0.2, 0.25) is 5.91 Å². The molecule has 0 bridgehead atoms. The zero-order valence-corrected chi connectivity index (χ0v) is 17.8. The van der Waals surface area contributed by atoms with Crippen LogP contribution in [0.25, 0.3) is 0 Å². The molecule has 1 fully saturated rings. The molecule has 0 spiro atoms. The van der Waals surface area contributed by atoms with E-state index in [1.807, 2.05) is 32.0 Å². The quantitative estimate of drug-likeness (QED) is 0.782. The summed E-state index contributed by atoms with van der Waals surface area (Å²) in [4.78, 5) is 17.5. The van der Waals surface area contributed by atoms with Crippen molar-refractivity contribution in [2.75, 3.05) is 36.0 Å². The van der Waals surface area contributed by atoms with E-state index in [9.17, 15) is 18.0 Å². The third-order valence-corrected chi connectivity index (χ3v) is 6.18. The second kappa shape index (κ2) is 8.44. The zero-order valence-electron chi connectivity index (χ0n) is 17.8. The normalized spacial score (nSPS) is 21.0. The number of carbonyl (C=O) groups excluding carboxylic acids is 1. The van der Waals surface area contributed by atoms with E-state index in [1.165, 1.54) is 6.07 Å². The molecule has 2 atom stereocenters. The maximum Gasteiger partial charge on any atom is 0.416 e. The Kier molecular flexibility index (Phi) is 5.86. The van der Waals surface area contributed by atoms with Crippen LogP contribution in [0.4, 0.5) is 24.5 Å². The number of anilines is 2. The summed E-state index contributed by atoms with van der Waals surface area (Å²) in [5, 5.41) is 3.01. The van der Waals surface area contributed by atoms with Gasteiger partial charge < -0.3 is 15.1 Å². The molecule has 0 saturated carbocycles. The van der Waals surface area contributed by atoms with Gasteiger partial charge in [0, 0.05) is 37.6 Å². The lowest BCUT2D eigenvalue weighted by atomic mass is 9.82. The summed E-state index contributed by atoms with van der Waals surface area (Å²) in [5.41, 5.74) is 1.86. The van der Waals surface area contributed by atoms with E-state index in [-0.39, 0.29) is 11.9 Å². The van der Waals surface area contributed by atoms with Crippen molar-refractivity contribution in [2.24, 2.45) is 11.8 Å². The average Bonchev–Trinajstić information content (AvgIpc) is 2.76. The van der Waals surface area contributed by atoms with E-state index in [0.717, 1.165) is 24.0 Å². The molecule has 1 saturated heterocycles. The molecule has 4 rings (SSSR count). The summed E-state index contributed by atoms with van der Waals surface area (Å²) in [6.45, 7) is 6.67. The Bertz CT molecular complexity index is 929. The van der Waals surface area contributed by atoms with E-state index < -0.39 is 17.7 Å². The Morgan fingerprint density at radius 2 is 1.87 bits per heavy atom. The second-order valence-electron chi connectivity index (χ2n) is 8.83. The van der Waals surface area contributed by atoms with Gasteiger partial charge in [-0.1, -0.05) is 32.0 Å². The van der Waals surface area contributed by atoms with Crippen molar-refractivity contribution in [3.05, 3.63) is 59.7 Å². The predicted molar refractivity (Wildman–Crippen MR) is 116 cm³/mol. The summed E-state index contributed by atoms with van der Waals surface area (Å²) in [5.74, 6) is -0.178. The highest BCUT2D eigenvalue weighted by Gasteiger charge is 2.42. The van der Waals surface area contributed by atoms with Crippen LogP contribution in [-0.2, 0) is 17.4 Å². The SMILES string of the molecule is CC(C)CNC(=O)[C@H]1Cc2cc(C(F)(F)F)ccc2N2CCN(c3ccccc3)C[C@H]12. The third-order valence-electron chi connectivity index (χ3n) is 6.18. The lowest BCUT2D eigenvalue weighted by Crippen LogP contribution is -2.61. The number of nitrogens with zero attached hydrogens (tertiary/aromatic N) is 2. The van der Waals surface area contributed by atoms with E-state index in [2.05, 4.69) is 27.2 Å². The van der Waals surface area contributed by atoms with Crippen molar-refractivity contribution in [2.45, 2.75) is 32.5 Å². The summed E-state index contributed by atoms with van der Waals surface area (Å²) in [7, 11) is 0. The number of carbonyl (C=O) groups is 1.